The third-order valence-corrected chi connectivity index (χ3v) is 11.6. The maximum absolute atomic E-state index is 2.44. The minimum atomic E-state index is 1.20. The molecule has 11 aromatic rings. The molecule has 0 atom stereocenters. The maximum atomic E-state index is 2.44. The minimum Gasteiger partial charge on any atom is -0.0616 e. The molecule has 0 heteroatoms. The summed E-state index contributed by atoms with van der Waals surface area (Å²) in [6.07, 6.45) is 0. The predicted octanol–water partition coefficient (Wildman–Crippen LogP) is 15.8. The summed E-state index contributed by atoms with van der Waals surface area (Å²) in [5, 5.41) is 12.5. The van der Waals surface area contributed by atoms with E-state index >= 15 is 0 Å². The topological polar surface area (TPSA) is 0 Å². The molecule has 0 bridgehead atoms. The third-order valence-electron chi connectivity index (χ3n) is 11.6. The van der Waals surface area contributed by atoms with Crippen LogP contribution in [-0.2, 0) is 0 Å². The number of fused-ring (bicyclic) bond motifs is 5. The van der Waals surface area contributed by atoms with Crippen LogP contribution in [0.15, 0.2) is 218 Å². The lowest BCUT2D eigenvalue weighted by Gasteiger charge is -2.20. The SMILES string of the molecule is c1cc(-c2ccc3c(-c4cccc5ccccc45)c4ccccc4c(-c4cccc(-c5ccc6ccccc6c5)c4)c3c2)cc(-c2cccc3ccccc23)c1. The van der Waals surface area contributed by atoms with Crippen LogP contribution in [0.2, 0.25) is 0 Å². The second-order valence-corrected chi connectivity index (χ2v) is 14.8. The molecule has 0 aliphatic heterocycles. The van der Waals surface area contributed by atoms with Crippen molar-refractivity contribution in [3.63, 3.8) is 0 Å². The van der Waals surface area contributed by atoms with E-state index in [-0.39, 0.29) is 0 Å². The molecule has 0 N–H and O–H groups in total. The van der Waals surface area contributed by atoms with Gasteiger partial charge in [-0.25, -0.2) is 0 Å². The number of hydrogen-bond donors (Lipinski definition) is 0. The smallest absolute Gasteiger partial charge is 0.00201 e. The van der Waals surface area contributed by atoms with Crippen LogP contribution < -0.4 is 0 Å². The van der Waals surface area contributed by atoms with Crippen LogP contribution in [0.3, 0.4) is 0 Å². The molecule has 0 saturated carbocycles. The average molecular weight is 709 g/mol. The summed E-state index contributed by atoms with van der Waals surface area (Å²) in [7, 11) is 0. The Balaban J connectivity index is 1.18. The van der Waals surface area contributed by atoms with Crippen molar-refractivity contribution < 1.29 is 0 Å². The van der Waals surface area contributed by atoms with Gasteiger partial charge in [-0.1, -0.05) is 194 Å². The first-order valence-corrected chi connectivity index (χ1v) is 19.4. The van der Waals surface area contributed by atoms with Crippen molar-refractivity contribution >= 4 is 53.9 Å². The van der Waals surface area contributed by atoms with Gasteiger partial charge in [-0.15, -0.1) is 0 Å². The highest BCUT2D eigenvalue weighted by Crippen LogP contribution is 2.47. The van der Waals surface area contributed by atoms with Crippen molar-refractivity contribution in [2.24, 2.45) is 0 Å². The Morgan fingerprint density at radius 3 is 1.36 bits per heavy atom. The molecule has 0 spiro atoms. The molecule has 0 aromatic heterocycles. The quantitative estimate of drug-likeness (QED) is 0.156. The molecule has 0 amide bonds. The lowest BCUT2D eigenvalue weighted by molar-refractivity contribution is 1.61. The zero-order valence-electron chi connectivity index (χ0n) is 30.8. The van der Waals surface area contributed by atoms with Crippen LogP contribution in [0.1, 0.15) is 0 Å². The second kappa shape index (κ2) is 13.2. The van der Waals surface area contributed by atoms with E-state index in [2.05, 4.69) is 218 Å². The number of hydrogen-bond acceptors (Lipinski definition) is 0. The zero-order chi connectivity index (χ0) is 37.0. The van der Waals surface area contributed by atoms with Crippen molar-refractivity contribution in [3.05, 3.63) is 218 Å². The predicted molar refractivity (Wildman–Crippen MR) is 241 cm³/mol. The van der Waals surface area contributed by atoms with Gasteiger partial charge in [-0.3, -0.25) is 0 Å². The van der Waals surface area contributed by atoms with Crippen molar-refractivity contribution in [2.45, 2.75) is 0 Å². The van der Waals surface area contributed by atoms with Gasteiger partial charge in [0.2, 0.25) is 0 Å². The van der Waals surface area contributed by atoms with E-state index in [1.807, 2.05) is 0 Å². The van der Waals surface area contributed by atoms with Gasteiger partial charge in [0.15, 0.2) is 0 Å². The first-order valence-electron chi connectivity index (χ1n) is 19.4. The Morgan fingerprint density at radius 1 is 0.179 bits per heavy atom. The molecule has 0 aliphatic carbocycles. The molecule has 0 unspecified atom stereocenters. The molecule has 260 valence electrons. The Morgan fingerprint density at radius 2 is 0.625 bits per heavy atom. The summed E-state index contributed by atoms with van der Waals surface area (Å²) in [6, 6.07) is 80.5. The van der Waals surface area contributed by atoms with Gasteiger partial charge in [0.05, 0.1) is 0 Å². The van der Waals surface area contributed by atoms with E-state index in [4.69, 9.17) is 0 Å². The summed E-state index contributed by atoms with van der Waals surface area (Å²) in [4.78, 5) is 0. The Bertz CT molecular complexity index is 3300. The van der Waals surface area contributed by atoms with E-state index in [1.54, 1.807) is 0 Å². The summed E-state index contributed by atoms with van der Waals surface area (Å²) in [5.74, 6) is 0. The number of rotatable bonds is 5. The lowest BCUT2D eigenvalue weighted by Crippen LogP contribution is -1.93. The van der Waals surface area contributed by atoms with Crippen molar-refractivity contribution in [2.75, 3.05) is 0 Å². The van der Waals surface area contributed by atoms with Crippen molar-refractivity contribution in [1.29, 1.82) is 0 Å². The van der Waals surface area contributed by atoms with E-state index < -0.39 is 0 Å². The van der Waals surface area contributed by atoms with Gasteiger partial charge in [-0.2, -0.15) is 0 Å². The fraction of sp³-hybridized carbons (Fsp3) is 0. The molecular weight excluding hydrogens is 673 g/mol. The Kier molecular flexibility index (Phi) is 7.60. The highest BCUT2D eigenvalue weighted by atomic mass is 14.2. The van der Waals surface area contributed by atoms with E-state index in [1.165, 1.54) is 109 Å². The maximum Gasteiger partial charge on any atom is -0.00201 e. The standard InChI is InChI=1S/C56H36/c1-2-16-40-33-43(30-29-37(40)13-1)42-20-10-22-46(35-42)55-51-25-7-8-26-52(51)56(50-28-12-18-39-15-4-6-24-48(39)50)53-32-31-44(36-54(53)55)41-19-9-21-45(34-41)49-27-11-17-38-14-3-5-23-47(38)49/h1-36H. The molecule has 0 saturated heterocycles. The van der Waals surface area contributed by atoms with Gasteiger partial charge < -0.3 is 0 Å². The normalized spacial score (nSPS) is 11.6. The summed E-state index contributed by atoms with van der Waals surface area (Å²) in [6.45, 7) is 0. The Labute approximate surface area is 326 Å². The highest BCUT2D eigenvalue weighted by Gasteiger charge is 2.19. The summed E-state index contributed by atoms with van der Waals surface area (Å²) in [5.41, 5.74) is 12.3. The second-order valence-electron chi connectivity index (χ2n) is 14.8. The zero-order valence-corrected chi connectivity index (χ0v) is 30.8. The van der Waals surface area contributed by atoms with Gasteiger partial charge in [-0.05, 0) is 134 Å². The van der Waals surface area contributed by atoms with Crippen LogP contribution in [-0.4, -0.2) is 0 Å². The molecule has 11 rings (SSSR count). The molecular formula is C56H36. The van der Waals surface area contributed by atoms with E-state index in [9.17, 15) is 0 Å². The number of benzene rings is 11. The van der Waals surface area contributed by atoms with E-state index in [0.717, 1.165) is 0 Å². The fourth-order valence-corrected chi connectivity index (χ4v) is 8.97. The van der Waals surface area contributed by atoms with Crippen molar-refractivity contribution in [1.82, 2.24) is 0 Å². The van der Waals surface area contributed by atoms with Crippen LogP contribution in [0.4, 0.5) is 0 Å². The summed E-state index contributed by atoms with van der Waals surface area (Å²) >= 11 is 0. The first-order chi connectivity index (χ1) is 27.8. The first kappa shape index (κ1) is 32.2. The van der Waals surface area contributed by atoms with Gasteiger partial charge >= 0.3 is 0 Å². The monoisotopic (exact) mass is 708 g/mol. The summed E-state index contributed by atoms with van der Waals surface area (Å²) < 4.78 is 0. The van der Waals surface area contributed by atoms with Crippen LogP contribution in [0.5, 0.6) is 0 Å². The highest BCUT2D eigenvalue weighted by molar-refractivity contribution is 6.24. The minimum absolute atomic E-state index is 1.20. The van der Waals surface area contributed by atoms with E-state index in [0.29, 0.717) is 0 Å². The third kappa shape index (κ3) is 5.38. The van der Waals surface area contributed by atoms with Crippen molar-refractivity contribution in [3.8, 4) is 55.6 Å². The lowest BCUT2D eigenvalue weighted by atomic mass is 9.83. The molecule has 0 radical (unpaired) electrons. The van der Waals surface area contributed by atoms with Gasteiger partial charge in [0.1, 0.15) is 0 Å². The Hall–Kier alpha value is -7.28. The van der Waals surface area contributed by atoms with Gasteiger partial charge in [0.25, 0.3) is 0 Å². The van der Waals surface area contributed by atoms with Gasteiger partial charge in [0, 0.05) is 0 Å². The average Bonchev–Trinajstić information content (AvgIpc) is 3.27. The van der Waals surface area contributed by atoms with Crippen LogP contribution in [0, 0.1) is 0 Å². The van der Waals surface area contributed by atoms with Crippen LogP contribution >= 0.6 is 0 Å². The molecule has 0 aliphatic rings. The molecule has 0 heterocycles. The molecule has 11 aromatic carbocycles. The fourth-order valence-electron chi connectivity index (χ4n) is 8.97. The molecule has 56 heavy (non-hydrogen) atoms. The largest absolute Gasteiger partial charge is 0.0616 e. The molecule has 0 fully saturated rings. The van der Waals surface area contributed by atoms with Crippen LogP contribution in [0.25, 0.3) is 109 Å². The molecule has 0 nitrogen and oxygen atoms in total.